The van der Waals surface area contributed by atoms with Crippen LogP contribution >= 0.6 is 0 Å². The Bertz CT molecular complexity index is 218. The first kappa shape index (κ1) is 13.1. The largest absolute Gasteiger partial charge is 0.374 e. The maximum atomic E-state index is 11.6. The van der Waals surface area contributed by atoms with Gasteiger partial charge in [0.2, 0.25) is 0 Å². The highest BCUT2D eigenvalue weighted by atomic mass is 19.1. The number of halogens is 1. The first-order chi connectivity index (χ1) is 6.83. The van der Waals surface area contributed by atoms with E-state index < -0.39 is 6.67 Å². The number of alkyl halides is 1. The Hall–Kier alpha value is -0.890. The highest BCUT2D eigenvalue weighted by Crippen LogP contribution is 2.03. The molecule has 0 bridgehead atoms. The summed E-state index contributed by atoms with van der Waals surface area (Å²) in [5.74, 6) is 0. The molecule has 0 fully saturated rings. The number of aryl methyl sites for hydroxylation is 1. The topological polar surface area (TPSA) is 9.23 Å². The molecule has 2 heteroatoms. The van der Waals surface area contributed by atoms with E-state index in [-0.39, 0.29) is 6.61 Å². The third-order valence-corrected chi connectivity index (χ3v) is 1.61. The molecule has 0 saturated carbocycles. The summed E-state index contributed by atoms with van der Waals surface area (Å²) in [4.78, 5) is 0. The molecule has 1 rings (SSSR count). The Kier molecular flexibility index (Phi) is 8.14. The Labute approximate surface area is 85.9 Å². The lowest BCUT2D eigenvalue weighted by Crippen LogP contribution is -1.96. The van der Waals surface area contributed by atoms with Crippen molar-refractivity contribution >= 4 is 0 Å². The Morgan fingerprint density at radius 3 is 2.21 bits per heavy atom. The zero-order valence-electron chi connectivity index (χ0n) is 9.22. The Morgan fingerprint density at radius 2 is 1.71 bits per heavy atom. The standard InChI is InChI=1S/C10H13FO.C2H6/c1-9-2-4-10(5-3-9)8-12-7-6-11;1-2/h2-5H,6-8H2,1H3;1-2H3. The van der Waals surface area contributed by atoms with Crippen molar-refractivity contribution in [3.8, 4) is 0 Å². The van der Waals surface area contributed by atoms with Crippen LogP contribution in [0.5, 0.6) is 0 Å². The number of hydrogen-bond donors (Lipinski definition) is 0. The second kappa shape index (κ2) is 8.70. The van der Waals surface area contributed by atoms with Crippen LogP contribution in [0.25, 0.3) is 0 Å². The predicted molar refractivity (Wildman–Crippen MR) is 58.2 cm³/mol. The summed E-state index contributed by atoms with van der Waals surface area (Å²) in [6, 6.07) is 8.03. The average Bonchev–Trinajstić information content (AvgIpc) is 2.24. The number of ether oxygens (including phenoxy) is 1. The van der Waals surface area contributed by atoms with E-state index in [1.54, 1.807) is 0 Å². The van der Waals surface area contributed by atoms with Gasteiger partial charge in [-0.2, -0.15) is 0 Å². The predicted octanol–water partition coefficient (Wildman–Crippen LogP) is 3.51. The quantitative estimate of drug-likeness (QED) is 0.673. The van der Waals surface area contributed by atoms with Crippen LogP contribution in [-0.4, -0.2) is 13.3 Å². The molecule has 0 aromatic heterocycles. The third kappa shape index (κ3) is 5.70. The molecular weight excluding hydrogens is 179 g/mol. The van der Waals surface area contributed by atoms with Crippen LogP contribution in [0.2, 0.25) is 0 Å². The van der Waals surface area contributed by atoms with Gasteiger partial charge in [-0.25, -0.2) is 4.39 Å². The zero-order valence-corrected chi connectivity index (χ0v) is 9.22. The molecule has 0 spiro atoms. The minimum absolute atomic E-state index is 0.188. The summed E-state index contributed by atoms with van der Waals surface area (Å²) in [5, 5.41) is 0. The molecule has 0 aliphatic rings. The second-order valence-corrected chi connectivity index (χ2v) is 2.73. The molecule has 1 aromatic rings. The highest BCUT2D eigenvalue weighted by molar-refractivity contribution is 5.20. The SMILES string of the molecule is CC.Cc1ccc(COCCF)cc1. The normalized spacial score (nSPS) is 9.14. The third-order valence-electron chi connectivity index (χ3n) is 1.61. The average molecular weight is 198 g/mol. The van der Waals surface area contributed by atoms with E-state index in [1.807, 2.05) is 45.0 Å². The molecule has 0 heterocycles. The van der Waals surface area contributed by atoms with Crippen LogP contribution in [0, 0.1) is 6.92 Å². The molecule has 0 radical (unpaired) electrons. The van der Waals surface area contributed by atoms with Crippen LogP contribution < -0.4 is 0 Å². The van der Waals surface area contributed by atoms with E-state index in [0.717, 1.165) is 5.56 Å². The van der Waals surface area contributed by atoms with Crippen molar-refractivity contribution in [1.82, 2.24) is 0 Å². The lowest BCUT2D eigenvalue weighted by atomic mass is 10.2. The number of benzene rings is 1. The second-order valence-electron chi connectivity index (χ2n) is 2.73. The van der Waals surface area contributed by atoms with Crippen LogP contribution in [0.4, 0.5) is 4.39 Å². The summed E-state index contributed by atoms with van der Waals surface area (Å²) in [6.45, 7) is 6.32. The zero-order chi connectivity index (χ0) is 10.8. The van der Waals surface area contributed by atoms with Crippen LogP contribution in [0.1, 0.15) is 25.0 Å². The van der Waals surface area contributed by atoms with Gasteiger partial charge >= 0.3 is 0 Å². The van der Waals surface area contributed by atoms with Crippen molar-refractivity contribution in [3.63, 3.8) is 0 Å². The van der Waals surface area contributed by atoms with E-state index in [2.05, 4.69) is 0 Å². The van der Waals surface area contributed by atoms with E-state index in [4.69, 9.17) is 4.74 Å². The van der Waals surface area contributed by atoms with Crippen molar-refractivity contribution in [1.29, 1.82) is 0 Å². The summed E-state index contributed by atoms with van der Waals surface area (Å²) in [6.07, 6.45) is 0. The van der Waals surface area contributed by atoms with Gasteiger partial charge in [-0.05, 0) is 12.5 Å². The molecule has 14 heavy (non-hydrogen) atoms. The van der Waals surface area contributed by atoms with Gasteiger partial charge in [-0.3, -0.25) is 0 Å². The first-order valence-corrected chi connectivity index (χ1v) is 5.02. The maximum Gasteiger partial charge on any atom is 0.113 e. The van der Waals surface area contributed by atoms with Gasteiger partial charge in [-0.15, -0.1) is 0 Å². The highest BCUT2D eigenvalue weighted by Gasteiger charge is 1.91. The van der Waals surface area contributed by atoms with Crippen molar-refractivity contribution in [2.24, 2.45) is 0 Å². The molecule has 0 N–H and O–H groups in total. The molecule has 0 saturated heterocycles. The van der Waals surface area contributed by atoms with Gasteiger partial charge in [0.25, 0.3) is 0 Å². The van der Waals surface area contributed by atoms with Crippen LogP contribution in [0.15, 0.2) is 24.3 Å². The van der Waals surface area contributed by atoms with Gasteiger partial charge in [0.05, 0.1) is 13.2 Å². The molecule has 0 aliphatic heterocycles. The molecule has 1 aromatic carbocycles. The minimum atomic E-state index is -0.411. The first-order valence-electron chi connectivity index (χ1n) is 5.02. The number of rotatable bonds is 4. The maximum absolute atomic E-state index is 11.6. The molecule has 0 aliphatic carbocycles. The van der Waals surface area contributed by atoms with Crippen LogP contribution in [0.3, 0.4) is 0 Å². The molecule has 1 nitrogen and oxygen atoms in total. The van der Waals surface area contributed by atoms with E-state index in [0.29, 0.717) is 6.61 Å². The smallest absolute Gasteiger partial charge is 0.113 e. The van der Waals surface area contributed by atoms with Gasteiger partial charge in [0, 0.05) is 0 Å². The fourth-order valence-corrected chi connectivity index (χ4v) is 0.929. The molecule has 0 atom stereocenters. The molecular formula is C12H19FO. The Morgan fingerprint density at radius 1 is 1.14 bits per heavy atom. The lowest BCUT2D eigenvalue weighted by Gasteiger charge is -2.01. The van der Waals surface area contributed by atoms with E-state index in [9.17, 15) is 4.39 Å². The van der Waals surface area contributed by atoms with Gasteiger partial charge < -0.3 is 4.74 Å². The molecule has 80 valence electrons. The molecule has 0 unspecified atom stereocenters. The summed E-state index contributed by atoms with van der Waals surface area (Å²) < 4.78 is 16.7. The van der Waals surface area contributed by atoms with Gasteiger partial charge in [-0.1, -0.05) is 43.7 Å². The fraction of sp³-hybridized carbons (Fsp3) is 0.500. The van der Waals surface area contributed by atoms with Crippen molar-refractivity contribution in [3.05, 3.63) is 35.4 Å². The Balaban J connectivity index is 0.000000791. The van der Waals surface area contributed by atoms with Crippen LogP contribution in [-0.2, 0) is 11.3 Å². The van der Waals surface area contributed by atoms with Crippen molar-refractivity contribution in [2.45, 2.75) is 27.4 Å². The minimum Gasteiger partial charge on any atom is -0.374 e. The molecule has 0 amide bonds. The van der Waals surface area contributed by atoms with E-state index >= 15 is 0 Å². The fourth-order valence-electron chi connectivity index (χ4n) is 0.929. The van der Waals surface area contributed by atoms with E-state index in [1.165, 1.54) is 5.56 Å². The summed E-state index contributed by atoms with van der Waals surface area (Å²) >= 11 is 0. The lowest BCUT2D eigenvalue weighted by molar-refractivity contribution is 0.106. The van der Waals surface area contributed by atoms with Crippen molar-refractivity contribution in [2.75, 3.05) is 13.3 Å². The van der Waals surface area contributed by atoms with Crippen molar-refractivity contribution < 1.29 is 9.13 Å². The van der Waals surface area contributed by atoms with Gasteiger partial charge in [0.15, 0.2) is 0 Å². The monoisotopic (exact) mass is 198 g/mol. The summed E-state index contributed by atoms with van der Waals surface area (Å²) in [7, 11) is 0. The van der Waals surface area contributed by atoms with Gasteiger partial charge in [0.1, 0.15) is 6.67 Å². The number of hydrogen-bond acceptors (Lipinski definition) is 1. The summed E-state index contributed by atoms with van der Waals surface area (Å²) in [5.41, 5.74) is 2.32.